The number of unbranched alkanes of at least 4 members (excludes halogenated alkanes) is 15. The summed E-state index contributed by atoms with van der Waals surface area (Å²) in [4.78, 5) is 12.5. The first kappa shape index (κ1) is 26.4. The van der Waals surface area contributed by atoms with Gasteiger partial charge in [0.2, 0.25) is 0 Å². The average Bonchev–Trinajstić information content (AvgIpc) is 2.68. The second kappa shape index (κ2) is 15.2. The predicted octanol–water partition coefficient (Wildman–Crippen LogP) is 9.59. The van der Waals surface area contributed by atoms with E-state index >= 15 is 0 Å². The number of Topliss-reactive ketones (excluding diaryl/α,β-unsaturated/α-hetero) is 1. The molecule has 0 heterocycles. The van der Waals surface area contributed by atoms with Gasteiger partial charge in [0.05, 0.1) is 0 Å². The van der Waals surface area contributed by atoms with Crippen LogP contribution in [0.25, 0.3) is 0 Å². The highest BCUT2D eigenvalue weighted by molar-refractivity contribution is 5.97. The molecule has 170 valence electrons. The van der Waals surface area contributed by atoms with Crippen LogP contribution >= 0.6 is 0 Å². The number of allylic oxidation sites excluding steroid dienone is 2. The van der Waals surface area contributed by atoms with Crippen molar-refractivity contribution < 1.29 is 4.79 Å². The van der Waals surface area contributed by atoms with Crippen molar-refractivity contribution in [2.45, 2.75) is 150 Å². The summed E-state index contributed by atoms with van der Waals surface area (Å²) in [5.41, 5.74) is 2.67. The maximum Gasteiger partial charge on any atom is 0.159 e. The molecule has 1 heteroatoms. The zero-order chi connectivity index (χ0) is 21.5. The standard InChI is InChI=1S/C28H52O/c1-6-7-8-9-10-11-12-13-14-15-16-17-18-19-20-21-22-26-24(2)25(3)28(4,5)23-27(26)29/h25H,6-23H2,1-5H3. The van der Waals surface area contributed by atoms with E-state index in [-0.39, 0.29) is 5.41 Å². The van der Waals surface area contributed by atoms with Crippen LogP contribution in [-0.4, -0.2) is 5.78 Å². The molecular formula is C28H52O. The van der Waals surface area contributed by atoms with Gasteiger partial charge in [0.1, 0.15) is 0 Å². The first-order valence-electron chi connectivity index (χ1n) is 13.1. The molecule has 1 atom stereocenters. The van der Waals surface area contributed by atoms with Crippen molar-refractivity contribution in [3.05, 3.63) is 11.1 Å². The summed E-state index contributed by atoms with van der Waals surface area (Å²) in [7, 11) is 0. The van der Waals surface area contributed by atoms with Gasteiger partial charge in [-0.1, -0.05) is 130 Å². The van der Waals surface area contributed by atoms with E-state index in [1.165, 1.54) is 114 Å². The number of carbonyl (C=O) groups excluding carboxylic acids is 1. The molecule has 1 aliphatic carbocycles. The van der Waals surface area contributed by atoms with E-state index in [2.05, 4.69) is 34.6 Å². The zero-order valence-electron chi connectivity index (χ0n) is 20.7. The molecule has 0 aromatic carbocycles. The second-order valence-electron chi connectivity index (χ2n) is 10.5. The fourth-order valence-corrected chi connectivity index (χ4v) is 4.93. The molecular weight excluding hydrogens is 352 g/mol. The molecule has 0 amide bonds. The lowest BCUT2D eigenvalue weighted by Crippen LogP contribution is -2.32. The minimum atomic E-state index is 0.138. The minimum absolute atomic E-state index is 0.138. The lowest BCUT2D eigenvalue weighted by molar-refractivity contribution is -0.119. The van der Waals surface area contributed by atoms with E-state index < -0.39 is 0 Å². The molecule has 0 aromatic rings. The Bertz CT molecular complexity index is 471. The van der Waals surface area contributed by atoms with Crippen molar-refractivity contribution in [1.29, 1.82) is 0 Å². The Balaban J connectivity index is 1.94. The third-order valence-corrected chi connectivity index (χ3v) is 7.53. The van der Waals surface area contributed by atoms with Crippen molar-refractivity contribution in [2.75, 3.05) is 0 Å². The Morgan fingerprint density at radius 3 is 1.52 bits per heavy atom. The molecule has 0 saturated heterocycles. The summed E-state index contributed by atoms with van der Waals surface area (Å²) >= 11 is 0. The van der Waals surface area contributed by atoms with E-state index in [0.29, 0.717) is 11.7 Å². The number of carbonyl (C=O) groups is 1. The Kier molecular flexibility index (Phi) is 13.9. The van der Waals surface area contributed by atoms with Crippen LogP contribution in [0.15, 0.2) is 11.1 Å². The quantitative estimate of drug-likeness (QED) is 0.220. The van der Waals surface area contributed by atoms with Gasteiger partial charge in [-0.3, -0.25) is 4.79 Å². The normalized spacial score (nSPS) is 19.2. The van der Waals surface area contributed by atoms with Gasteiger partial charge in [-0.05, 0) is 36.7 Å². The fraction of sp³-hybridized carbons (Fsp3) is 0.893. The molecule has 0 N–H and O–H groups in total. The highest BCUT2D eigenvalue weighted by atomic mass is 16.1. The van der Waals surface area contributed by atoms with E-state index in [9.17, 15) is 4.79 Å². The van der Waals surface area contributed by atoms with Crippen molar-refractivity contribution in [3.63, 3.8) is 0 Å². The number of hydrogen-bond donors (Lipinski definition) is 0. The van der Waals surface area contributed by atoms with Gasteiger partial charge in [-0.25, -0.2) is 0 Å². The zero-order valence-corrected chi connectivity index (χ0v) is 20.7. The van der Waals surface area contributed by atoms with Crippen LogP contribution in [-0.2, 0) is 4.79 Å². The Hall–Kier alpha value is -0.590. The van der Waals surface area contributed by atoms with Crippen LogP contribution in [0.5, 0.6) is 0 Å². The Morgan fingerprint density at radius 2 is 1.10 bits per heavy atom. The summed E-state index contributed by atoms with van der Waals surface area (Å²) in [6, 6.07) is 0. The van der Waals surface area contributed by atoms with Gasteiger partial charge < -0.3 is 0 Å². The first-order chi connectivity index (χ1) is 13.9. The smallest absolute Gasteiger partial charge is 0.159 e. The molecule has 1 unspecified atom stereocenters. The van der Waals surface area contributed by atoms with E-state index in [4.69, 9.17) is 0 Å². The monoisotopic (exact) mass is 404 g/mol. The SMILES string of the molecule is CCCCCCCCCCCCCCCCCCC1=C(C)C(C)C(C)(C)CC1=O. The van der Waals surface area contributed by atoms with E-state index in [1.54, 1.807) is 0 Å². The topological polar surface area (TPSA) is 17.1 Å². The van der Waals surface area contributed by atoms with Crippen molar-refractivity contribution in [1.82, 2.24) is 0 Å². The third-order valence-electron chi connectivity index (χ3n) is 7.53. The third kappa shape index (κ3) is 10.8. The summed E-state index contributed by atoms with van der Waals surface area (Å²) in [6.45, 7) is 11.3. The largest absolute Gasteiger partial charge is 0.295 e. The Labute approximate surface area is 183 Å². The predicted molar refractivity (Wildman–Crippen MR) is 129 cm³/mol. The molecule has 0 fully saturated rings. The molecule has 0 aliphatic heterocycles. The fourth-order valence-electron chi connectivity index (χ4n) is 4.93. The molecule has 1 rings (SSSR count). The summed E-state index contributed by atoms with van der Waals surface area (Å²) in [6.07, 6.45) is 24.2. The van der Waals surface area contributed by atoms with Gasteiger partial charge in [0.25, 0.3) is 0 Å². The summed E-state index contributed by atoms with van der Waals surface area (Å²) in [5.74, 6) is 0.961. The van der Waals surface area contributed by atoms with Crippen LogP contribution < -0.4 is 0 Å². The summed E-state index contributed by atoms with van der Waals surface area (Å²) < 4.78 is 0. The average molecular weight is 405 g/mol. The van der Waals surface area contributed by atoms with Crippen molar-refractivity contribution in [2.24, 2.45) is 11.3 Å². The van der Waals surface area contributed by atoms with E-state index in [1.807, 2.05) is 0 Å². The molecule has 1 nitrogen and oxygen atoms in total. The van der Waals surface area contributed by atoms with Crippen LogP contribution in [0.3, 0.4) is 0 Å². The molecule has 0 spiro atoms. The van der Waals surface area contributed by atoms with Crippen LogP contribution in [0, 0.1) is 11.3 Å². The van der Waals surface area contributed by atoms with Crippen molar-refractivity contribution in [3.8, 4) is 0 Å². The molecule has 0 bridgehead atoms. The Morgan fingerprint density at radius 1 is 0.724 bits per heavy atom. The van der Waals surface area contributed by atoms with Crippen LogP contribution in [0.4, 0.5) is 0 Å². The maximum absolute atomic E-state index is 12.5. The molecule has 29 heavy (non-hydrogen) atoms. The van der Waals surface area contributed by atoms with Crippen molar-refractivity contribution >= 4 is 5.78 Å². The van der Waals surface area contributed by atoms with E-state index in [0.717, 1.165) is 12.8 Å². The van der Waals surface area contributed by atoms with Gasteiger partial charge in [0, 0.05) is 6.42 Å². The molecule has 0 saturated carbocycles. The number of rotatable bonds is 17. The molecule has 0 radical (unpaired) electrons. The molecule has 1 aliphatic rings. The van der Waals surface area contributed by atoms with Gasteiger partial charge in [-0.15, -0.1) is 0 Å². The lowest BCUT2D eigenvalue weighted by atomic mass is 9.66. The second-order valence-corrected chi connectivity index (χ2v) is 10.5. The number of hydrogen-bond acceptors (Lipinski definition) is 1. The van der Waals surface area contributed by atoms with Gasteiger partial charge in [-0.2, -0.15) is 0 Å². The highest BCUT2D eigenvalue weighted by Gasteiger charge is 2.36. The minimum Gasteiger partial charge on any atom is -0.295 e. The lowest BCUT2D eigenvalue weighted by Gasteiger charge is -2.37. The van der Waals surface area contributed by atoms with Crippen LogP contribution in [0.1, 0.15) is 150 Å². The highest BCUT2D eigenvalue weighted by Crippen LogP contribution is 2.42. The van der Waals surface area contributed by atoms with Gasteiger partial charge >= 0.3 is 0 Å². The number of ketones is 1. The van der Waals surface area contributed by atoms with Crippen LogP contribution in [0.2, 0.25) is 0 Å². The summed E-state index contributed by atoms with van der Waals surface area (Å²) in [5, 5.41) is 0. The molecule has 0 aromatic heterocycles. The first-order valence-corrected chi connectivity index (χ1v) is 13.1. The van der Waals surface area contributed by atoms with Gasteiger partial charge in [0.15, 0.2) is 5.78 Å². The maximum atomic E-state index is 12.5.